The van der Waals surface area contributed by atoms with Crippen LogP contribution in [0.5, 0.6) is 0 Å². The highest BCUT2D eigenvalue weighted by molar-refractivity contribution is 7.88. The van der Waals surface area contributed by atoms with Crippen LogP contribution < -0.4 is 15.4 Å². The van der Waals surface area contributed by atoms with Gasteiger partial charge in [0.05, 0.1) is 5.75 Å². The minimum atomic E-state index is -3.31. The molecule has 152 valence electrons. The van der Waals surface area contributed by atoms with Crippen LogP contribution in [0, 0.1) is 0 Å². The summed E-state index contributed by atoms with van der Waals surface area (Å²) >= 11 is 0. The van der Waals surface area contributed by atoms with Gasteiger partial charge in [0.2, 0.25) is 10.0 Å². The molecule has 0 amide bonds. The monoisotopic (exact) mass is 403 g/mol. The van der Waals surface area contributed by atoms with E-state index in [4.69, 9.17) is 0 Å². The Morgan fingerprint density at radius 1 is 1.07 bits per heavy atom. The van der Waals surface area contributed by atoms with Gasteiger partial charge in [0, 0.05) is 44.5 Å². The summed E-state index contributed by atoms with van der Waals surface area (Å²) in [5.41, 5.74) is 2.84. The molecule has 3 N–H and O–H groups in total. The van der Waals surface area contributed by atoms with E-state index in [1.54, 1.807) is 13.2 Å². The van der Waals surface area contributed by atoms with Gasteiger partial charge >= 0.3 is 0 Å². The second kappa shape index (κ2) is 10.8. The summed E-state index contributed by atoms with van der Waals surface area (Å²) in [7, 11) is -1.58. The highest BCUT2D eigenvalue weighted by atomic mass is 32.2. The smallest absolute Gasteiger partial charge is 0.216 e. The molecule has 2 aromatic rings. The molecule has 0 aliphatic carbocycles. The number of nitrogens with one attached hydrogen (secondary N) is 3. The zero-order valence-corrected chi connectivity index (χ0v) is 17.5. The summed E-state index contributed by atoms with van der Waals surface area (Å²) in [5, 5.41) is 6.51. The number of guanidine groups is 1. The lowest BCUT2D eigenvalue weighted by Gasteiger charge is -2.12. The van der Waals surface area contributed by atoms with E-state index in [9.17, 15) is 8.42 Å². The van der Waals surface area contributed by atoms with Gasteiger partial charge < -0.3 is 10.6 Å². The van der Waals surface area contributed by atoms with Crippen LogP contribution in [0.4, 0.5) is 0 Å². The van der Waals surface area contributed by atoms with Crippen LogP contribution in [0.2, 0.25) is 0 Å². The van der Waals surface area contributed by atoms with E-state index < -0.39 is 10.0 Å². The number of nitrogens with zero attached hydrogens (tertiary/aromatic N) is 2. The third-order valence-corrected chi connectivity index (χ3v) is 5.42. The molecule has 1 aromatic carbocycles. The molecule has 2 rings (SSSR count). The number of hydrogen-bond acceptors (Lipinski definition) is 4. The van der Waals surface area contributed by atoms with Crippen LogP contribution in [0.1, 0.15) is 30.7 Å². The molecule has 0 aliphatic heterocycles. The Morgan fingerprint density at radius 3 is 2.39 bits per heavy atom. The standard InChI is InChI=1S/C20H29N5O2S/c1-16(2)25-28(26,27)15-18-9-7-17(8-10-18)14-24-20(21-3)23-13-11-19-6-4-5-12-22-19/h4-10,12,16,25H,11,13-15H2,1-3H3,(H2,21,23,24). The lowest BCUT2D eigenvalue weighted by Crippen LogP contribution is -2.37. The summed E-state index contributed by atoms with van der Waals surface area (Å²) in [5.74, 6) is 0.694. The normalized spacial score (nSPS) is 12.2. The van der Waals surface area contributed by atoms with Gasteiger partial charge in [-0.25, -0.2) is 13.1 Å². The van der Waals surface area contributed by atoms with E-state index in [2.05, 4.69) is 25.3 Å². The number of benzene rings is 1. The fourth-order valence-corrected chi connectivity index (χ4v) is 4.07. The summed E-state index contributed by atoms with van der Waals surface area (Å²) in [6.07, 6.45) is 2.60. The first kappa shape index (κ1) is 21.8. The zero-order chi connectivity index (χ0) is 20.4. The minimum absolute atomic E-state index is 0.0182. The maximum absolute atomic E-state index is 12.0. The van der Waals surface area contributed by atoms with Crippen molar-refractivity contribution < 1.29 is 8.42 Å². The van der Waals surface area contributed by atoms with Crippen molar-refractivity contribution in [3.63, 3.8) is 0 Å². The molecular formula is C20H29N5O2S. The summed E-state index contributed by atoms with van der Waals surface area (Å²) in [4.78, 5) is 8.51. The second-order valence-electron chi connectivity index (χ2n) is 6.77. The van der Waals surface area contributed by atoms with Gasteiger partial charge in [0.15, 0.2) is 5.96 Å². The van der Waals surface area contributed by atoms with Crippen LogP contribution in [0.25, 0.3) is 0 Å². The SMILES string of the molecule is CN=C(NCCc1ccccn1)NCc1ccc(CS(=O)(=O)NC(C)C)cc1. The highest BCUT2D eigenvalue weighted by Crippen LogP contribution is 2.08. The molecule has 0 aliphatic rings. The van der Waals surface area contributed by atoms with Crippen molar-refractivity contribution in [1.29, 1.82) is 0 Å². The maximum Gasteiger partial charge on any atom is 0.216 e. The molecule has 0 saturated heterocycles. The lowest BCUT2D eigenvalue weighted by atomic mass is 10.1. The van der Waals surface area contributed by atoms with E-state index in [-0.39, 0.29) is 11.8 Å². The highest BCUT2D eigenvalue weighted by Gasteiger charge is 2.12. The third kappa shape index (κ3) is 8.06. The van der Waals surface area contributed by atoms with Crippen LogP contribution in [-0.4, -0.2) is 39.0 Å². The Labute approximate surface area is 167 Å². The zero-order valence-electron chi connectivity index (χ0n) is 16.6. The second-order valence-corrected chi connectivity index (χ2v) is 8.53. The van der Waals surface area contributed by atoms with Crippen molar-refractivity contribution in [2.75, 3.05) is 13.6 Å². The Balaban J connectivity index is 1.79. The molecule has 0 bridgehead atoms. The van der Waals surface area contributed by atoms with E-state index >= 15 is 0 Å². The van der Waals surface area contributed by atoms with Gasteiger partial charge in [-0.1, -0.05) is 30.3 Å². The number of pyridine rings is 1. The van der Waals surface area contributed by atoms with Crippen molar-refractivity contribution >= 4 is 16.0 Å². The van der Waals surface area contributed by atoms with Crippen molar-refractivity contribution in [3.8, 4) is 0 Å². The molecule has 28 heavy (non-hydrogen) atoms. The Morgan fingerprint density at radius 2 is 1.79 bits per heavy atom. The molecule has 0 spiro atoms. The quantitative estimate of drug-likeness (QED) is 0.438. The first-order valence-electron chi connectivity index (χ1n) is 9.30. The van der Waals surface area contributed by atoms with Crippen LogP contribution in [-0.2, 0) is 28.7 Å². The van der Waals surface area contributed by atoms with Gasteiger partial charge in [-0.15, -0.1) is 0 Å². The number of sulfonamides is 1. The summed E-state index contributed by atoms with van der Waals surface area (Å²) < 4.78 is 26.6. The lowest BCUT2D eigenvalue weighted by molar-refractivity contribution is 0.569. The average Bonchev–Trinajstić information content (AvgIpc) is 2.65. The fourth-order valence-electron chi connectivity index (χ4n) is 2.63. The Bertz CT molecular complexity index is 850. The van der Waals surface area contributed by atoms with Gasteiger partial charge in [-0.2, -0.15) is 0 Å². The topological polar surface area (TPSA) is 95.5 Å². The molecular weight excluding hydrogens is 374 g/mol. The fraction of sp³-hybridized carbons (Fsp3) is 0.400. The summed E-state index contributed by atoms with van der Waals surface area (Å²) in [6.45, 7) is 4.95. The number of rotatable bonds is 9. The predicted molar refractivity (Wildman–Crippen MR) is 113 cm³/mol. The molecule has 1 aromatic heterocycles. The van der Waals surface area contributed by atoms with Crippen molar-refractivity contribution in [2.45, 2.75) is 38.6 Å². The maximum atomic E-state index is 12.0. The number of hydrogen-bond donors (Lipinski definition) is 3. The number of aliphatic imine (C=N–C) groups is 1. The molecule has 8 heteroatoms. The van der Waals surface area contributed by atoms with Crippen LogP contribution in [0.15, 0.2) is 53.7 Å². The predicted octanol–water partition coefficient (Wildman–Crippen LogP) is 1.82. The molecule has 0 saturated carbocycles. The molecule has 0 atom stereocenters. The first-order chi connectivity index (χ1) is 13.4. The van der Waals surface area contributed by atoms with Crippen molar-refractivity contribution in [2.24, 2.45) is 4.99 Å². The molecule has 0 unspecified atom stereocenters. The molecule has 1 heterocycles. The van der Waals surface area contributed by atoms with Crippen molar-refractivity contribution in [3.05, 3.63) is 65.5 Å². The molecule has 0 fully saturated rings. The largest absolute Gasteiger partial charge is 0.356 e. The minimum Gasteiger partial charge on any atom is -0.356 e. The van der Waals surface area contributed by atoms with Gasteiger partial charge in [-0.3, -0.25) is 9.98 Å². The first-order valence-corrected chi connectivity index (χ1v) is 11.0. The van der Waals surface area contributed by atoms with E-state index in [1.807, 2.05) is 56.3 Å². The third-order valence-electron chi connectivity index (χ3n) is 3.88. The van der Waals surface area contributed by atoms with Crippen LogP contribution >= 0.6 is 0 Å². The van der Waals surface area contributed by atoms with E-state index in [0.717, 1.165) is 29.8 Å². The van der Waals surface area contributed by atoms with Crippen molar-refractivity contribution in [1.82, 2.24) is 20.3 Å². The molecule has 7 nitrogen and oxygen atoms in total. The number of aromatic nitrogens is 1. The van der Waals surface area contributed by atoms with E-state index in [0.29, 0.717) is 12.5 Å². The van der Waals surface area contributed by atoms with Gasteiger partial charge in [-0.05, 0) is 37.1 Å². The molecule has 0 radical (unpaired) electrons. The Kier molecular flexibility index (Phi) is 8.41. The Hall–Kier alpha value is -2.45. The van der Waals surface area contributed by atoms with E-state index in [1.165, 1.54) is 0 Å². The van der Waals surface area contributed by atoms with Gasteiger partial charge in [0.25, 0.3) is 0 Å². The summed E-state index contributed by atoms with van der Waals surface area (Å²) in [6, 6.07) is 13.3. The average molecular weight is 404 g/mol. The van der Waals surface area contributed by atoms with Crippen LogP contribution in [0.3, 0.4) is 0 Å². The van der Waals surface area contributed by atoms with Gasteiger partial charge in [0.1, 0.15) is 0 Å².